The number of hydrogen-bond acceptors (Lipinski definition) is 5. The van der Waals surface area contributed by atoms with Gasteiger partial charge in [-0.3, -0.25) is 14.9 Å². The molecule has 2 aromatic carbocycles. The highest BCUT2D eigenvalue weighted by atomic mass is 16.5. The number of H-pyrrole nitrogens is 1. The summed E-state index contributed by atoms with van der Waals surface area (Å²) in [5.41, 5.74) is 4.97. The topological polar surface area (TPSA) is 83.1 Å². The van der Waals surface area contributed by atoms with Crippen LogP contribution in [0.1, 0.15) is 10.5 Å². The lowest BCUT2D eigenvalue weighted by atomic mass is 10.0. The highest BCUT2D eigenvalue weighted by Gasteiger charge is 2.16. The molecule has 0 saturated carbocycles. The number of rotatable bonds is 4. The summed E-state index contributed by atoms with van der Waals surface area (Å²) in [4.78, 5) is 19.5. The third-order valence-corrected chi connectivity index (χ3v) is 5.24. The number of aromatic nitrogens is 3. The molecule has 3 heterocycles. The van der Waals surface area contributed by atoms with Gasteiger partial charge in [-0.15, -0.1) is 0 Å². The van der Waals surface area contributed by atoms with Crippen molar-refractivity contribution in [1.29, 1.82) is 0 Å². The minimum Gasteiger partial charge on any atom is -0.378 e. The first-order valence-electron chi connectivity index (χ1n) is 9.90. The molecule has 0 unspecified atom stereocenters. The van der Waals surface area contributed by atoms with E-state index in [1.807, 2.05) is 60.9 Å². The summed E-state index contributed by atoms with van der Waals surface area (Å²) in [6.07, 6.45) is 3.72. The lowest BCUT2D eigenvalue weighted by molar-refractivity contribution is 0.102. The van der Waals surface area contributed by atoms with Crippen molar-refractivity contribution >= 4 is 28.2 Å². The maximum atomic E-state index is 12.8. The van der Waals surface area contributed by atoms with E-state index < -0.39 is 0 Å². The largest absolute Gasteiger partial charge is 0.378 e. The third kappa shape index (κ3) is 3.62. The number of aromatic amines is 1. The number of nitrogens with zero attached hydrogens (tertiary/aromatic N) is 3. The van der Waals surface area contributed by atoms with Crippen molar-refractivity contribution < 1.29 is 9.53 Å². The number of para-hydroxylation sites is 1. The molecule has 0 spiro atoms. The van der Waals surface area contributed by atoms with Crippen molar-refractivity contribution in [3.05, 3.63) is 72.7 Å². The average Bonchev–Trinajstić information content (AvgIpc) is 3.24. The predicted molar refractivity (Wildman–Crippen MR) is 117 cm³/mol. The number of nitrogens with one attached hydrogen (secondary N) is 2. The van der Waals surface area contributed by atoms with E-state index in [-0.39, 0.29) is 5.91 Å². The summed E-state index contributed by atoms with van der Waals surface area (Å²) in [6, 6.07) is 17.4. The number of carbonyl (C=O) groups is 1. The van der Waals surface area contributed by atoms with Gasteiger partial charge in [0.15, 0.2) is 5.69 Å². The van der Waals surface area contributed by atoms with Gasteiger partial charge >= 0.3 is 0 Å². The van der Waals surface area contributed by atoms with E-state index in [2.05, 4.69) is 31.5 Å². The molecule has 1 amide bonds. The van der Waals surface area contributed by atoms with Gasteiger partial charge in [-0.1, -0.05) is 24.3 Å². The molecule has 0 atom stereocenters. The van der Waals surface area contributed by atoms with Crippen LogP contribution in [0.2, 0.25) is 0 Å². The molecule has 0 aliphatic carbocycles. The lowest BCUT2D eigenvalue weighted by Crippen LogP contribution is -2.36. The number of benzene rings is 2. The quantitative estimate of drug-likeness (QED) is 0.547. The number of hydrogen-bond donors (Lipinski definition) is 2. The van der Waals surface area contributed by atoms with Crippen molar-refractivity contribution in [2.45, 2.75) is 0 Å². The Morgan fingerprint density at radius 1 is 1.00 bits per heavy atom. The first-order chi connectivity index (χ1) is 14.8. The molecule has 4 aromatic rings. The van der Waals surface area contributed by atoms with Gasteiger partial charge < -0.3 is 15.0 Å². The van der Waals surface area contributed by atoms with E-state index in [4.69, 9.17) is 4.74 Å². The average molecular weight is 399 g/mol. The van der Waals surface area contributed by atoms with Gasteiger partial charge in [0.2, 0.25) is 0 Å². The van der Waals surface area contributed by atoms with E-state index in [0.717, 1.165) is 59.7 Å². The third-order valence-electron chi connectivity index (χ3n) is 5.24. The summed E-state index contributed by atoms with van der Waals surface area (Å²) in [5.74, 6) is -0.246. The van der Waals surface area contributed by atoms with E-state index in [9.17, 15) is 4.79 Å². The van der Waals surface area contributed by atoms with E-state index in [1.165, 1.54) is 0 Å². The number of fused-ring (bicyclic) bond motifs is 1. The lowest BCUT2D eigenvalue weighted by Gasteiger charge is -2.28. The fraction of sp³-hybridized carbons (Fsp3) is 0.174. The van der Waals surface area contributed by atoms with Gasteiger partial charge in [0.25, 0.3) is 5.91 Å². The number of carbonyl (C=O) groups excluding carboxylic acids is 1. The molecular weight excluding hydrogens is 378 g/mol. The molecule has 0 bridgehead atoms. The van der Waals surface area contributed by atoms with Gasteiger partial charge in [-0.25, -0.2) is 0 Å². The fourth-order valence-electron chi connectivity index (χ4n) is 3.66. The molecule has 2 aromatic heterocycles. The molecule has 1 aliphatic heterocycles. The number of morpholine rings is 1. The van der Waals surface area contributed by atoms with E-state index >= 15 is 0 Å². The number of pyridine rings is 1. The summed E-state index contributed by atoms with van der Waals surface area (Å²) in [5, 5.41) is 10.9. The maximum absolute atomic E-state index is 12.8. The van der Waals surface area contributed by atoms with Crippen molar-refractivity contribution in [1.82, 2.24) is 15.2 Å². The van der Waals surface area contributed by atoms with Crippen LogP contribution >= 0.6 is 0 Å². The Labute approximate surface area is 173 Å². The van der Waals surface area contributed by atoms with Crippen molar-refractivity contribution in [2.75, 3.05) is 36.5 Å². The smallest absolute Gasteiger partial charge is 0.276 e. The van der Waals surface area contributed by atoms with Crippen LogP contribution < -0.4 is 10.2 Å². The zero-order chi connectivity index (χ0) is 20.3. The van der Waals surface area contributed by atoms with Crippen LogP contribution in [-0.4, -0.2) is 47.4 Å². The van der Waals surface area contributed by atoms with Crippen molar-refractivity contribution in [3.8, 4) is 11.1 Å². The zero-order valence-electron chi connectivity index (χ0n) is 16.3. The molecule has 1 fully saturated rings. The van der Waals surface area contributed by atoms with Crippen molar-refractivity contribution in [3.63, 3.8) is 0 Å². The SMILES string of the molecule is O=C(Nc1ccccc1)c1n[nH]c2ccc(-c3cncc(N4CCOCC4)c3)cc12. The van der Waals surface area contributed by atoms with Gasteiger partial charge in [0.05, 0.1) is 30.6 Å². The van der Waals surface area contributed by atoms with Crippen LogP contribution in [0.25, 0.3) is 22.0 Å². The van der Waals surface area contributed by atoms with E-state index in [0.29, 0.717) is 5.69 Å². The monoisotopic (exact) mass is 399 g/mol. The normalized spacial score (nSPS) is 14.1. The standard InChI is InChI=1S/C23H21N5O2/c29-23(25-18-4-2-1-3-5-18)22-20-13-16(6-7-21(20)26-27-22)17-12-19(15-24-14-17)28-8-10-30-11-9-28/h1-7,12-15H,8-11H2,(H,25,29)(H,26,27). The Kier molecular flexibility index (Phi) is 4.86. The minimum absolute atomic E-state index is 0.246. The Morgan fingerprint density at radius 3 is 2.67 bits per heavy atom. The molecule has 150 valence electrons. The highest BCUT2D eigenvalue weighted by Crippen LogP contribution is 2.28. The number of amides is 1. The second-order valence-corrected chi connectivity index (χ2v) is 7.18. The zero-order valence-corrected chi connectivity index (χ0v) is 16.3. The second-order valence-electron chi connectivity index (χ2n) is 7.18. The molecule has 7 nitrogen and oxygen atoms in total. The van der Waals surface area contributed by atoms with Gasteiger partial charge in [-0.05, 0) is 35.9 Å². The van der Waals surface area contributed by atoms with Crippen LogP contribution in [-0.2, 0) is 4.74 Å². The Hall–Kier alpha value is -3.71. The molecule has 5 rings (SSSR count). The van der Waals surface area contributed by atoms with E-state index in [1.54, 1.807) is 0 Å². The van der Waals surface area contributed by atoms with Gasteiger partial charge in [-0.2, -0.15) is 5.10 Å². The molecule has 0 radical (unpaired) electrons. The molecular formula is C23H21N5O2. The molecule has 1 saturated heterocycles. The Bertz CT molecular complexity index is 1180. The van der Waals surface area contributed by atoms with Gasteiger partial charge in [0.1, 0.15) is 0 Å². The molecule has 2 N–H and O–H groups in total. The van der Waals surface area contributed by atoms with Crippen LogP contribution in [0.3, 0.4) is 0 Å². The molecule has 1 aliphatic rings. The predicted octanol–water partition coefficient (Wildman–Crippen LogP) is 3.71. The molecule has 30 heavy (non-hydrogen) atoms. The van der Waals surface area contributed by atoms with Crippen LogP contribution in [0.5, 0.6) is 0 Å². The first-order valence-corrected chi connectivity index (χ1v) is 9.90. The summed E-state index contributed by atoms with van der Waals surface area (Å²) in [6.45, 7) is 3.17. The van der Waals surface area contributed by atoms with Crippen LogP contribution in [0.4, 0.5) is 11.4 Å². The number of anilines is 2. The Morgan fingerprint density at radius 2 is 1.83 bits per heavy atom. The maximum Gasteiger partial charge on any atom is 0.276 e. The summed E-state index contributed by atoms with van der Waals surface area (Å²) < 4.78 is 5.44. The Balaban J connectivity index is 1.46. The highest BCUT2D eigenvalue weighted by molar-refractivity contribution is 6.11. The summed E-state index contributed by atoms with van der Waals surface area (Å²) >= 11 is 0. The van der Waals surface area contributed by atoms with Crippen LogP contribution in [0.15, 0.2) is 67.0 Å². The van der Waals surface area contributed by atoms with Crippen molar-refractivity contribution in [2.24, 2.45) is 0 Å². The minimum atomic E-state index is -0.246. The van der Waals surface area contributed by atoms with Crippen LogP contribution in [0, 0.1) is 0 Å². The first kappa shape index (κ1) is 18.3. The second kappa shape index (κ2) is 7.96. The fourth-order valence-corrected chi connectivity index (χ4v) is 3.66. The van der Waals surface area contributed by atoms with Gasteiger partial charge in [0, 0.05) is 35.9 Å². The summed E-state index contributed by atoms with van der Waals surface area (Å²) in [7, 11) is 0. The number of ether oxygens (including phenoxy) is 1. The molecule has 7 heteroatoms.